The number of halogens is 2. The average molecular weight is 489 g/mol. The minimum absolute atomic E-state index is 0.0627. The molecule has 5 nitrogen and oxygen atoms in total. The minimum Gasteiger partial charge on any atom is -0.318 e. The van der Waals surface area contributed by atoms with Crippen LogP contribution in [0.25, 0.3) is 11.1 Å². The number of aromatic nitrogens is 1. The van der Waals surface area contributed by atoms with Crippen LogP contribution in [0, 0.1) is 0 Å². The highest BCUT2D eigenvalue weighted by Crippen LogP contribution is 2.39. The molecule has 1 aliphatic rings. The largest absolute Gasteiger partial charge is 0.318 e. The third kappa shape index (κ3) is 4.15. The lowest BCUT2D eigenvalue weighted by atomic mass is 9.91. The summed E-state index contributed by atoms with van der Waals surface area (Å²) in [5, 5.41) is 0.932. The quantitative estimate of drug-likeness (QED) is 0.506. The normalized spacial score (nSPS) is 15.5. The smallest absolute Gasteiger partial charge is 0.250 e. The van der Waals surface area contributed by atoms with E-state index in [1.165, 1.54) is 4.57 Å². The van der Waals surface area contributed by atoms with Crippen molar-refractivity contribution in [1.82, 2.24) is 4.57 Å². The molecule has 0 N–H and O–H groups in total. The molecule has 0 spiro atoms. The summed E-state index contributed by atoms with van der Waals surface area (Å²) in [6.07, 6.45) is 1.78. The second kappa shape index (κ2) is 8.50. The van der Waals surface area contributed by atoms with Gasteiger partial charge in [0.2, 0.25) is 0 Å². The molecule has 0 amide bonds. The van der Waals surface area contributed by atoms with Crippen molar-refractivity contribution in [2.45, 2.75) is 25.6 Å². The first-order valence-electron chi connectivity index (χ1n) is 10.2. The number of sulfone groups is 1. The summed E-state index contributed by atoms with van der Waals surface area (Å²) in [6.45, 7) is 3.55. The van der Waals surface area contributed by atoms with Gasteiger partial charge in [-0.05, 0) is 41.8 Å². The van der Waals surface area contributed by atoms with Crippen LogP contribution in [-0.2, 0) is 22.6 Å². The fraction of sp³-hybridized carbons (Fsp3) is 0.250. The van der Waals surface area contributed by atoms with Gasteiger partial charge in [-0.3, -0.25) is 9.79 Å². The maximum atomic E-state index is 12.4. The van der Waals surface area contributed by atoms with E-state index >= 15 is 0 Å². The average Bonchev–Trinajstić information content (AvgIpc) is 2.84. The molecule has 0 bridgehead atoms. The van der Waals surface area contributed by atoms with Gasteiger partial charge < -0.3 is 4.57 Å². The predicted molar refractivity (Wildman–Crippen MR) is 131 cm³/mol. The minimum atomic E-state index is -3.22. The molecule has 1 aromatic heterocycles. The van der Waals surface area contributed by atoms with Crippen LogP contribution < -0.4 is 5.56 Å². The Hall–Kier alpha value is -2.41. The molecule has 2 aromatic carbocycles. The molecule has 32 heavy (non-hydrogen) atoms. The highest BCUT2D eigenvalue weighted by molar-refractivity contribution is 7.90. The highest BCUT2D eigenvalue weighted by atomic mass is 35.5. The number of hydrogen-bond acceptors (Lipinski definition) is 4. The van der Waals surface area contributed by atoms with Gasteiger partial charge in [-0.15, -0.1) is 0 Å². The molecule has 166 valence electrons. The van der Waals surface area contributed by atoms with Gasteiger partial charge in [-0.2, -0.15) is 0 Å². The first-order valence-corrected chi connectivity index (χ1v) is 12.8. The van der Waals surface area contributed by atoms with Crippen molar-refractivity contribution >= 4 is 38.8 Å². The molecule has 8 heteroatoms. The molecular weight excluding hydrogens is 467 g/mol. The number of fused-ring (bicyclic) bond motifs is 3. The van der Waals surface area contributed by atoms with Crippen molar-refractivity contribution in [2.75, 3.05) is 5.75 Å². The molecule has 3 aromatic rings. The van der Waals surface area contributed by atoms with E-state index in [-0.39, 0.29) is 23.1 Å². The van der Waals surface area contributed by atoms with Crippen molar-refractivity contribution in [2.24, 2.45) is 12.0 Å². The molecule has 1 atom stereocenters. The van der Waals surface area contributed by atoms with E-state index in [1.807, 2.05) is 19.1 Å². The lowest BCUT2D eigenvalue weighted by molar-refractivity contribution is 0.596. The number of aliphatic imine (C=N–C) groups is 1. The molecule has 0 unspecified atom stereocenters. The predicted octanol–water partition coefficient (Wildman–Crippen LogP) is 5.21. The molecule has 4 rings (SSSR count). The third-order valence-electron chi connectivity index (χ3n) is 5.69. The Morgan fingerprint density at radius 1 is 1.03 bits per heavy atom. The first-order chi connectivity index (χ1) is 15.1. The van der Waals surface area contributed by atoms with Gasteiger partial charge in [0.25, 0.3) is 5.56 Å². The summed E-state index contributed by atoms with van der Waals surface area (Å²) in [4.78, 5) is 17.3. The molecular formula is C24H22Cl2N2O3S. The van der Waals surface area contributed by atoms with Gasteiger partial charge in [0, 0.05) is 41.8 Å². The lowest BCUT2D eigenvalue weighted by Gasteiger charge is -2.15. The second-order valence-electron chi connectivity index (χ2n) is 7.90. The van der Waals surface area contributed by atoms with Gasteiger partial charge >= 0.3 is 0 Å². The number of benzene rings is 2. The van der Waals surface area contributed by atoms with E-state index in [4.69, 9.17) is 28.2 Å². The molecule has 0 aliphatic carbocycles. The Bertz CT molecular complexity index is 1410. The number of rotatable bonds is 4. The second-order valence-corrected chi connectivity index (χ2v) is 11.1. The van der Waals surface area contributed by atoms with Gasteiger partial charge in [0.15, 0.2) is 9.84 Å². The molecule has 2 heterocycles. The Kier molecular flexibility index (Phi) is 6.05. The number of nitrogens with zero attached hydrogens (tertiary/aromatic N) is 2. The van der Waals surface area contributed by atoms with Crippen LogP contribution in [0.3, 0.4) is 0 Å². The van der Waals surface area contributed by atoms with Crippen LogP contribution in [0.4, 0.5) is 0 Å². The summed E-state index contributed by atoms with van der Waals surface area (Å²) in [5.74, 6) is 0.000897. The Labute approximate surface area is 197 Å². The number of pyridine rings is 1. The maximum Gasteiger partial charge on any atom is 0.250 e. The number of hydrogen-bond donors (Lipinski definition) is 0. The van der Waals surface area contributed by atoms with Crippen molar-refractivity contribution in [3.8, 4) is 11.1 Å². The maximum absolute atomic E-state index is 12.4. The van der Waals surface area contributed by atoms with E-state index in [0.29, 0.717) is 26.9 Å². The zero-order valence-electron chi connectivity index (χ0n) is 17.9. The lowest BCUT2D eigenvalue weighted by Crippen LogP contribution is -2.17. The monoisotopic (exact) mass is 488 g/mol. The Morgan fingerprint density at radius 3 is 2.38 bits per heavy atom. The highest BCUT2D eigenvalue weighted by Gasteiger charge is 2.26. The van der Waals surface area contributed by atoms with Crippen molar-refractivity contribution in [3.63, 3.8) is 0 Å². The number of aryl methyl sites for hydroxylation is 1. The van der Waals surface area contributed by atoms with Crippen LogP contribution in [0.1, 0.15) is 42.1 Å². The summed E-state index contributed by atoms with van der Waals surface area (Å²) >= 11 is 13.1. The Balaban J connectivity index is 2.05. The van der Waals surface area contributed by atoms with Gasteiger partial charge in [0.1, 0.15) is 0 Å². The van der Waals surface area contributed by atoms with E-state index in [2.05, 4.69) is 0 Å². The van der Waals surface area contributed by atoms with E-state index in [1.54, 1.807) is 50.5 Å². The van der Waals surface area contributed by atoms with Crippen LogP contribution in [0.15, 0.2) is 58.4 Å². The van der Waals surface area contributed by atoms with Crippen LogP contribution >= 0.6 is 23.2 Å². The van der Waals surface area contributed by atoms with E-state index < -0.39 is 9.84 Å². The van der Waals surface area contributed by atoms with E-state index in [9.17, 15) is 13.2 Å². The fourth-order valence-electron chi connectivity index (χ4n) is 3.94. The van der Waals surface area contributed by atoms with Crippen LogP contribution in [-0.4, -0.2) is 24.4 Å². The summed E-state index contributed by atoms with van der Waals surface area (Å²) in [6, 6.07) is 12.1. The van der Waals surface area contributed by atoms with Gasteiger partial charge in [-0.1, -0.05) is 48.3 Å². The SMILES string of the molecule is CCS(=O)(=O)Cc1ccc2c(c1)-c1cn(C)c(=O)cc1[C@H](C)N=C2c1c(Cl)cccc1Cl. The fourth-order valence-corrected chi connectivity index (χ4v) is 5.41. The topological polar surface area (TPSA) is 68.5 Å². The third-order valence-corrected chi connectivity index (χ3v) is 7.97. The molecule has 1 aliphatic heterocycles. The standard InChI is InChI=1S/C24H22Cl2N2O3S/c1-4-32(30,31)13-15-8-9-16-18(10-15)19-12-28(3)22(29)11-17(19)14(2)27-24(16)23-20(25)6-5-7-21(23)26/h5-12,14H,4,13H2,1-3H3/t14-/m0/s1. The summed E-state index contributed by atoms with van der Waals surface area (Å²) < 4.78 is 26.1. The van der Waals surface area contributed by atoms with Crippen LogP contribution in [0.2, 0.25) is 10.0 Å². The molecule has 0 saturated carbocycles. The first kappa shape index (κ1) is 22.8. The van der Waals surface area contributed by atoms with Crippen LogP contribution in [0.5, 0.6) is 0 Å². The van der Waals surface area contributed by atoms with Gasteiger partial charge in [-0.25, -0.2) is 8.42 Å². The van der Waals surface area contributed by atoms with E-state index in [0.717, 1.165) is 22.3 Å². The van der Waals surface area contributed by atoms with Crippen molar-refractivity contribution < 1.29 is 8.42 Å². The van der Waals surface area contributed by atoms with Gasteiger partial charge in [0.05, 0.1) is 27.6 Å². The van der Waals surface area contributed by atoms with Crippen molar-refractivity contribution in [1.29, 1.82) is 0 Å². The Morgan fingerprint density at radius 2 is 1.72 bits per heavy atom. The summed E-state index contributed by atoms with van der Waals surface area (Å²) in [7, 11) is -1.53. The molecule has 0 radical (unpaired) electrons. The zero-order chi connectivity index (χ0) is 23.2. The molecule has 0 saturated heterocycles. The zero-order valence-corrected chi connectivity index (χ0v) is 20.2. The van der Waals surface area contributed by atoms with Crippen molar-refractivity contribution in [3.05, 3.63) is 91.3 Å². The molecule has 0 fully saturated rings. The summed E-state index contributed by atoms with van der Waals surface area (Å²) in [5.41, 5.74) is 4.91.